The molecule has 0 amide bonds. The molecule has 2 fully saturated rings. The number of aromatic nitrogens is 4. The van der Waals surface area contributed by atoms with Crippen LogP contribution in [0.2, 0.25) is 0 Å². The van der Waals surface area contributed by atoms with Gasteiger partial charge in [0.15, 0.2) is 0 Å². The third-order valence-electron chi connectivity index (χ3n) is 6.18. The molecule has 1 saturated heterocycles. The molecule has 5 rings (SSSR count). The number of nitrogens with one attached hydrogen (secondary N) is 1. The van der Waals surface area contributed by atoms with Gasteiger partial charge in [0.05, 0.1) is 24.8 Å². The van der Waals surface area contributed by atoms with Crippen molar-refractivity contribution in [2.75, 3.05) is 36.5 Å². The van der Waals surface area contributed by atoms with E-state index >= 15 is 0 Å². The van der Waals surface area contributed by atoms with E-state index in [2.05, 4.69) is 42.3 Å². The first kappa shape index (κ1) is 20.9. The summed E-state index contributed by atoms with van der Waals surface area (Å²) in [6, 6.07) is 6.59. The van der Waals surface area contributed by atoms with Gasteiger partial charge in [-0.2, -0.15) is 0 Å². The van der Waals surface area contributed by atoms with Crippen molar-refractivity contribution < 1.29 is 9.47 Å². The third-order valence-corrected chi connectivity index (χ3v) is 6.18. The summed E-state index contributed by atoms with van der Waals surface area (Å²) in [5, 5.41) is 3.51. The maximum Gasteiger partial charge on any atom is 0.223 e. The maximum atomic E-state index is 6.52. The molecule has 2 aliphatic rings. The van der Waals surface area contributed by atoms with Gasteiger partial charge >= 0.3 is 0 Å². The molecular weight excluding hydrogens is 404 g/mol. The van der Waals surface area contributed by atoms with Gasteiger partial charge in [0, 0.05) is 54.7 Å². The van der Waals surface area contributed by atoms with Crippen molar-refractivity contribution in [2.45, 2.75) is 51.7 Å². The first-order chi connectivity index (χ1) is 15.6. The van der Waals surface area contributed by atoms with Crippen molar-refractivity contribution in [2.24, 2.45) is 0 Å². The highest BCUT2D eigenvalue weighted by Crippen LogP contribution is 2.33. The third kappa shape index (κ3) is 4.75. The molecule has 2 aromatic heterocycles. The smallest absolute Gasteiger partial charge is 0.223 e. The van der Waals surface area contributed by atoms with Crippen LogP contribution in [0.15, 0.2) is 30.6 Å². The van der Waals surface area contributed by atoms with Crippen molar-refractivity contribution in [3.8, 4) is 5.75 Å². The van der Waals surface area contributed by atoms with E-state index in [1.54, 1.807) is 12.4 Å². The van der Waals surface area contributed by atoms with Crippen LogP contribution in [0.3, 0.4) is 0 Å². The predicted octanol–water partition coefficient (Wildman–Crippen LogP) is 3.68. The molecule has 1 aromatic carbocycles. The highest BCUT2D eigenvalue weighted by atomic mass is 16.5. The Kier molecular flexibility index (Phi) is 6.03. The van der Waals surface area contributed by atoms with Crippen LogP contribution in [0.1, 0.15) is 37.1 Å². The van der Waals surface area contributed by atoms with Crippen molar-refractivity contribution >= 4 is 22.7 Å². The standard InChI is InChI=1S/C24H30N6O2/c1-16-13-17(2)28-24(27-16)29-18-3-5-20(6-4-18)32-22-15-19(30-9-11-31-12-10-30)14-21-23(22)26-8-7-25-21/h7-8,13-15,18,20H,3-6,9-12H2,1-2H3,(H,27,28,29)/t18-,20+. The molecule has 0 spiro atoms. The van der Waals surface area contributed by atoms with Crippen LogP contribution in [0.25, 0.3) is 11.0 Å². The first-order valence-corrected chi connectivity index (χ1v) is 11.5. The normalized spacial score (nSPS) is 21.5. The Morgan fingerprint density at radius 3 is 2.41 bits per heavy atom. The van der Waals surface area contributed by atoms with Crippen LogP contribution >= 0.6 is 0 Å². The lowest BCUT2D eigenvalue weighted by Gasteiger charge is -2.31. The summed E-state index contributed by atoms with van der Waals surface area (Å²) < 4.78 is 12.0. The molecule has 0 bridgehead atoms. The fourth-order valence-electron chi connectivity index (χ4n) is 4.60. The topological polar surface area (TPSA) is 85.3 Å². The summed E-state index contributed by atoms with van der Waals surface area (Å²) in [5.74, 6) is 1.55. The van der Waals surface area contributed by atoms with Gasteiger partial charge in [-0.15, -0.1) is 0 Å². The van der Waals surface area contributed by atoms with E-state index in [0.717, 1.165) is 91.8 Å². The van der Waals surface area contributed by atoms with Gasteiger partial charge in [0.2, 0.25) is 5.95 Å². The minimum absolute atomic E-state index is 0.165. The molecule has 3 heterocycles. The summed E-state index contributed by atoms with van der Waals surface area (Å²) in [6.07, 6.45) is 7.63. The van der Waals surface area contributed by atoms with Crippen LogP contribution in [0.5, 0.6) is 5.75 Å². The summed E-state index contributed by atoms with van der Waals surface area (Å²) in [4.78, 5) is 20.5. The number of benzene rings is 1. The Bertz CT molecular complexity index is 1060. The van der Waals surface area contributed by atoms with Gasteiger partial charge in [-0.05, 0) is 51.7 Å². The van der Waals surface area contributed by atoms with Gasteiger partial charge in [0.1, 0.15) is 11.3 Å². The Morgan fingerprint density at radius 2 is 1.66 bits per heavy atom. The fraction of sp³-hybridized carbons (Fsp3) is 0.500. The zero-order valence-corrected chi connectivity index (χ0v) is 18.8. The minimum atomic E-state index is 0.165. The second-order valence-electron chi connectivity index (χ2n) is 8.68. The summed E-state index contributed by atoms with van der Waals surface area (Å²) in [7, 11) is 0. The highest BCUT2D eigenvalue weighted by Gasteiger charge is 2.24. The number of rotatable bonds is 5. The molecule has 32 heavy (non-hydrogen) atoms. The number of hydrogen-bond acceptors (Lipinski definition) is 8. The number of fused-ring (bicyclic) bond motifs is 1. The molecule has 1 saturated carbocycles. The maximum absolute atomic E-state index is 6.52. The average Bonchev–Trinajstić information content (AvgIpc) is 2.80. The molecule has 1 aliphatic heterocycles. The average molecular weight is 435 g/mol. The van der Waals surface area contributed by atoms with Crippen LogP contribution in [-0.2, 0) is 4.74 Å². The van der Waals surface area contributed by atoms with E-state index < -0.39 is 0 Å². The van der Waals surface area contributed by atoms with Crippen molar-refractivity contribution in [1.82, 2.24) is 19.9 Å². The number of hydrogen-bond donors (Lipinski definition) is 1. The van der Waals surface area contributed by atoms with Crippen LogP contribution in [0.4, 0.5) is 11.6 Å². The van der Waals surface area contributed by atoms with Crippen molar-refractivity contribution in [3.63, 3.8) is 0 Å². The van der Waals surface area contributed by atoms with E-state index in [1.165, 1.54) is 0 Å². The van der Waals surface area contributed by atoms with Gasteiger partial charge in [0.25, 0.3) is 0 Å². The lowest BCUT2D eigenvalue weighted by atomic mass is 9.93. The van der Waals surface area contributed by atoms with E-state index in [-0.39, 0.29) is 6.10 Å². The van der Waals surface area contributed by atoms with E-state index in [4.69, 9.17) is 9.47 Å². The number of aryl methyl sites for hydroxylation is 2. The lowest BCUT2D eigenvalue weighted by Crippen LogP contribution is -2.36. The molecular formula is C24H30N6O2. The van der Waals surface area contributed by atoms with E-state index in [0.29, 0.717) is 6.04 Å². The fourth-order valence-corrected chi connectivity index (χ4v) is 4.60. The van der Waals surface area contributed by atoms with Gasteiger partial charge in [-0.3, -0.25) is 4.98 Å². The minimum Gasteiger partial charge on any atom is -0.488 e. The predicted molar refractivity (Wildman–Crippen MR) is 124 cm³/mol. The first-order valence-electron chi connectivity index (χ1n) is 11.5. The molecule has 8 heteroatoms. The quantitative estimate of drug-likeness (QED) is 0.651. The summed E-state index contributed by atoms with van der Waals surface area (Å²) >= 11 is 0. The second kappa shape index (κ2) is 9.24. The molecule has 0 unspecified atom stereocenters. The van der Waals surface area contributed by atoms with E-state index in [9.17, 15) is 0 Å². The molecule has 168 valence electrons. The lowest BCUT2D eigenvalue weighted by molar-refractivity contribution is 0.122. The van der Waals surface area contributed by atoms with Gasteiger partial charge < -0.3 is 19.7 Å². The van der Waals surface area contributed by atoms with Gasteiger partial charge in [-0.25, -0.2) is 15.0 Å². The molecule has 8 nitrogen and oxygen atoms in total. The summed E-state index contributed by atoms with van der Waals surface area (Å²) in [6.45, 7) is 7.25. The summed E-state index contributed by atoms with van der Waals surface area (Å²) in [5.41, 5.74) is 4.80. The van der Waals surface area contributed by atoms with Crippen LogP contribution in [0, 0.1) is 13.8 Å². The van der Waals surface area contributed by atoms with Crippen LogP contribution < -0.4 is 15.0 Å². The SMILES string of the molecule is Cc1cc(C)nc(N[C@H]2CC[C@@H](Oc3cc(N4CCOCC4)cc4nccnc34)CC2)n1. The van der Waals surface area contributed by atoms with E-state index in [1.807, 2.05) is 19.9 Å². The zero-order valence-electron chi connectivity index (χ0n) is 18.8. The Balaban J connectivity index is 1.27. The number of morpholine rings is 1. The second-order valence-corrected chi connectivity index (χ2v) is 8.68. The molecule has 1 aliphatic carbocycles. The molecule has 0 atom stereocenters. The highest BCUT2D eigenvalue weighted by molar-refractivity contribution is 5.85. The largest absolute Gasteiger partial charge is 0.488 e. The Labute approximate surface area is 188 Å². The van der Waals surface area contributed by atoms with Crippen molar-refractivity contribution in [3.05, 3.63) is 42.0 Å². The van der Waals surface area contributed by atoms with Gasteiger partial charge in [-0.1, -0.05) is 0 Å². The molecule has 0 radical (unpaired) electrons. The van der Waals surface area contributed by atoms with Crippen LogP contribution in [-0.4, -0.2) is 58.4 Å². The zero-order chi connectivity index (χ0) is 21.9. The number of anilines is 2. The molecule has 3 aromatic rings. The molecule has 1 N–H and O–H groups in total. The Hall–Kier alpha value is -3.00. The number of ether oxygens (including phenoxy) is 2. The number of nitrogens with zero attached hydrogens (tertiary/aromatic N) is 5. The Morgan fingerprint density at radius 1 is 0.938 bits per heavy atom. The monoisotopic (exact) mass is 434 g/mol. The van der Waals surface area contributed by atoms with Crippen molar-refractivity contribution in [1.29, 1.82) is 0 Å².